The summed E-state index contributed by atoms with van der Waals surface area (Å²) < 4.78 is 32.2. The molecule has 1 saturated carbocycles. The van der Waals surface area contributed by atoms with Gasteiger partial charge in [-0.3, -0.25) is 0 Å². The number of methoxy groups -OCH3 is 1. The zero-order valence-corrected chi connectivity index (χ0v) is 11.7. The molecule has 0 spiro atoms. The van der Waals surface area contributed by atoms with Crippen LogP contribution in [-0.2, 0) is 16.4 Å². The lowest BCUT2D eigenvalue weighted by molar-refractivity contribution is 0.298. The first-order valence-electron chi connectivity index (χ1n) is 6.34. The van der Waals surface area contributed by atoms with Crippen LogP contribution >= 0.6 is 0 Å². The Balaban J connectivity index is 2.24. The smallest absolute Gasteiger partial charge is 0.240 e. The summed E-state index contributed by atoms with van der Waals surface area (Å²) in [6.45, 7) is 0.394. The number of rotatable bonds is 7. The van der Waals surface area contributed by atoms with Crippen molar-refractivity contribution in [3.63, 3.8) is 0 Å². The molecular weight excluding hydrogens is 266 g/mol. The van der Waals surface area contributed by atoms with E-state index >= 15 is 0 Å². The summed E-state index contributed by atoms with van der Waals surface area (Å²) in [5.41, 5.74) is 0.574. The fraction of sp³-hybridized carbons (Fsp3) is 0.538. The van der Waals surface area contributed by atoms with Gasteiger partial charge in [-0.15, -0.1) is 0 Å². The monoisotopic (exact) mass is 285 g/mol. The minimum Gasteiger partial charge on any atom is -0.497 e. The predicted molar refractivity (Wildman–Crippen MR) is 71.7 cm³/mol. The molecule has 1 fully saturated rings. The Morgan fingerprint density at radius 2 is 2.16 bits per heavy atom. The molecule has 0 bridgehead atoms. The molecule has 5 nitrogen and oxygen atoms in total. The molecule has 1 aliphatic carbocycles. The second kappa shape index (κ2) is 5.90. The Morgan fingerprint density at radius 1 is 1.42 bits per heavy atom. The molecule has 6 heteroatoms. The van der Waals surface area contributed by atoms with Crippen molar-refractivity contribution in [3.05, 3.63) is 23.8 Å². The predicted octanol–water partition coefficient (Wildman–Crippen LogP) is 0.918. The summed E-state index contributed by atoms with van der Waals surface area (Å²) in [6, 6.07) is 4.80. The van der Waals surface area contributed by atoms with Crippen molar-refractivity contribution in [1.29, 1.82) is 0 Å². The highest BCUT2D eigenvalue weighted by atomic mass is 32.2. The number of aliphatic hydroxyl groups excluding tert-OH is 1. The fourth-order valence-electron chi connectivity index (χ4n) is 1.89. The molecule has 0 amide bonds. The molecule has 106 valence electrons. The normalized spacial score (nSPS) is 15.5. The number of nitrogens with one attached hydrogen (secondary N) is 1. The average molecular weight is 285 g/mol. The van der Waals surface area contributed by atoms with Crippen molar-refractivity contribution in [3.8, 4) is 5.75 Å². The van der Waals surface area contributed by atoms with Crippen LogP contribution in [0.1, 0.15) is 18.4 Å². The van der Waals surface area contributed by atoms with Crippen LogP contribution in [0.5, 0.6) is 5.75 Å². The molecule has 0 heterocycles. The van der Waals surface area contributed by atoms with Gasteiger partial charge in [0.15, 0.2) is 0 Å². The van der Waals surface area contributed by atoms with E-state index in [2.05, 4.69) is 4.72 Å². The largest absolute Gasteiger partial charge is 0.497 e. The summed E-state index contributed by atoms with van der Waals surface area (Å²) in [5.74, 6) is 1.07. The molecule has 2 N–H and O–H groups in total. The summed E-state index contributed by atoms with van der Waals surface area (Å²) >= 11 is 0. The fourth-order valence-corrected chi connectivity index (χ4v) is 3.25. The van der Waals surface area contributed by atoms with Crippen LogP contribution in [-0.4, -0.2) is 33.8 Å². The minimum atomic E-state index is -3.51. The Labute approximate surface area is 113 Å². The van der Waals surface area contributed by atoms with E-state index in [-0.39, 0.29) is 17.9 Å². The van der Waals surface area contributed by atoms with Crippen LogP contribution in [0.15, 0.2) is 23.1 Å². The average Bonchev–Trinajstić information content (AvgIpc) is 3.20. The van der Waals surface area contributed by atoms with Crippen molar-refractivity contribution in [2.45, 2.75) is 24.2 Å². The van der Waals surface area contributed by atoms with Gasteiger partial charge in [0.2, 0.25) is 10.0 Å². The van der Waals surface area contributed by atoms with Crippen LogP contribution in [0.4, 0.5) is 0 Å². The van der Waals surface area contributed by atoms with Crippen LogP contribution in [0.3, 0.4) is 0 Å². The molecule has 0 unspecified atom stereocenters. The number of sulfonamides is 1. The van der Waals surface area contributed by atoms with E-state index in [0.717, 1.165) is 12.8 Å². The maximum absolute atomic E-state index is 12.2. The van der Waals surface area contributed by atoms with Crippen LogP contribution in [0, 0.1) is 5.92 Å². The van der Waals surface area contributed by atoms with Gasteiger partial charge in [0, 0.05) is 13.2 Å². The van der Waals surface area contributed by atoms with Crippen molar-refractivity contribution < 1.29 is 18.3 Å². The van der Waals surface area contributed by atoms with Gasteiger partial charge in [-0.05, 0) is 48.9 Å². The highest BCUT2D eigenvalue weighted by molar-refractivity contribution is 7.89. The summed E-state index contributed by atoms with van der Waals surface area (Å²) in [6.07, 6.45) is 2.47. The second-order valence-corrected chi connectivity index (χ2v) is 6.48. The maximum atomic E-state index is 12.2. The minimum absolute atomic E-state index is 0.0989. The molecule has 1 aliphatic rings. The molecule has 0 saturated heterocycles. The third-order valence-corrected chi connectivity index (χ3v) is 4.72. The van der Waals surface area contributed by atoms with Gasteiger partial charge in [-0.1, -0.05) is 0 Å². The lowest BCUT2D eigenvalue weighted by Crippen LogP contribution is -2.27. The third kappa shape index (κ3) is 3.68. The zero-order valence-electron chi connectivity index (χ0n) is 10.9. The lowest BCUT2D eigenvalue weighted by atomic mass is 10.1. The Morgan fingerprint density at radius 3 is 2.74 bits per heavy atom. The molecule has 0 atom stereocenters. The first-order chi connectivity index (χ1) is 9.06. The van der Waals surface area contributed by atoms with Crippen LogP contribution in [0.2, 0.25) is 0 Å². The third-order valence-electron chi connectivity index (χ3n) is 3.20. The van der Waals surface area contributed by atoms with Crippen LogP contribution < -0.4 is 9.46 Å². The highest BCUT2D eigenvalue weighted by Crippen LogP contribution is 2.29. The number of hydrogen-bond donors (Lipinski definition) is 2. The van der Waals surface area contributed by atoms with Gasteiger partial charge in [-0.25, -0.2) is 13.1 Å². The number of hydrogen-bond acceptors (Lipinski definition) is 4. The molecule has 2 rings (SSSR count). The summed E-state index contributed by atoms with van der Waals surface area (Å²) in [4.78, 5) is 0.225. The molecule has 0 aromatic heterocycles. The molecular formula is C13H19NO4S. The van der Waals surface area contributed by atoms with Gasteiger partial charge in [0.25, 0.3) is 0 Å². The maximum Gasteiger partial charge on any atom is 0.240 e. The quantitative estimate of drug-likeness (QED) is 0.781. The second-order valence-electron chi connectivity index (χ2n) is 4.74. The topological polar surface area (TPSA) is 75.6 Å². The van der Waals surface area contributed by atoms with E-state index < -0.39 is 10.0 Å². The van der Waals surface area contributed by atoms with E-state index in [0.29, 0.717) is 23.8 Å². The number of benzene rings is 1. The molecule has 1 aromatic carbocycles. The van der Waals surface area contributed by atoms with Gasteiger partial charge >= 0.3 is 0 Å². The molecule has 0 aliphatic heterocycles. The first kappa shape index (κ1) is 14.3. The number of aliphatic hydroxyl groups is 1. The Bertz CT molecular complexity index is 538. The van der Waals surface area contributed by atoms with Gasteiger partial charge in [0.05, 0.1) is 12.0 Å². The summed E-state index contributed by atoms with van der Waals surface area (Å²) in [7, 11) is -1.98. The van der Waals surface area contributed by atoms with Gasteiger partial charge < -0.3 is 9.84 Å². The zero-order chi connectivity index (χ0) is 13.9. The van der Waals surface area contributed by atoms with E-state index in [9.17, 15) is 8.42 Å². The molecule has 0 radical (unpaired) electrons. The Hall–Kier alpha value is -1.11. The van der Waals surface area contributed by atoms with E-state index in [1.807, 2.05) is 0 Å². The highest BCUT2D eigenvalue weighted by Gasteiger charge is 2.25. The lowest BCUT2D eigenvalue weighted by Gasteiger charge is -2.12. The summed E-state index contributed by atoms with van der Waals surface area (Å²) in [5, 5.41) is 9.05. The van der Waals surface area contributed by atoms with Crippen LogP contribution in [0.25, 0.3) is 0 Å². The SMILES string of the molecule is COc1ccc(S(=O)(=O)NCC2CC2)c(CCO)c1. The van der Waals surface area contributed by atoms with Crippen molar-refractivity contribution in [2.75, 3.05) is 20.3 Å². The number of ether oxygens (including phenoxy) is 1. The molecule has 19 heavy (non-hydrogen) atoms. The van der Waals surface area contributed by atoms with Crippen molar-refractivity contribution >= 4 is 10.0 Å². The standard InChI is InChI=1S/C13H19NO4S/c1-18-12-4-5-13(11(8-12)6-7-15)19(16,17)14-9-10-2-3-10/h4-5,8,10,14-15H,2-3,6-7,9H2,1H3. The van der Waals surface area contributed by atoms with E-state index in [4.69, 9.17) is 9.84 Å². The van der Waals surface area contributed by atoms with Crippen molar-refractivity contribution in [2.24, 2.45) is 5.92 Å². The van der Waals surface area contributed by atoms with Gasteiger partial charge in [0.1, 0.15) is 5.75 Å². The first-order valence-corrected chi connectivity index (χ1v) is 7.82. The van der Waals surface area contributed by atoms with Gasteiger partial charge in [-0.2, -0.15) is 0 Å². The van der Waals surface area contributed by atoms with E-state index in [1.54, 1.807) is 12.1 Å². The van der Waals surface area contributed by atoms with Crippen molar-refractivity contribution in [1.82, 2.24) is 4.72 Å². The Kier molecular flexibility index (Phi) is 4.44. The molecule has 1 aromatic rings. The van der Waals surface area contributed by atoms with E-state index in [1.165, 1.54) is 13.2 Å².